The van der Waals surface area contributed by atoms with E-state index in [0.29, 0.717) is 6.54 Å². The van der Waals surface area contributed by atoms with E-state index in [4.69, 9.17) is 0 Å². The lowest BCUT2D eigenvalue weighted by Crippen LogP contribution is -2.24. The topological polar surface area (TPSA) is 65.6 Å². The molecular formula is C9H11N5O. The largest absolute Gasteiger partial charge is 0.363 e. The van der Waals surface area contributed by atoms with E-state index in [1.165, 1.54) is 9.36 Å². The van der Waals surface area contributed by atoms with Crippen molar-refractivity contribution in [2.45, 2.75) is 13.5 Å². The maximum atomic E-state index is 11.4. The van der Waals surface area contributed by atoms with Gasteiger partial charge in [0.1, 0.15) is 0 Å². The van der Waals surface area contributed by atoms with Crippen LogP contribution in [0.3, 0.4) is 0 Å². The van der Waals surface area contributed by atoms with E-state index in [0.717, 1.165) is 11.4 Å². The molecule has 0 spiro atoms. The Morgan fingerprint density at radius 1 is 1.33 bits per heavy atom. The van der Waals surface area contributed by atoms with E-state index in [2.05, 4.69) is 15.4 Å². The summed E-state index contributed by atoms with van der Waals surface area (Å²) in [6.07, 6.45) is 0. The summed E-state index contributed by atoms with van der Waals surface area (Å²) in [7, 11) is 1.56. The van der Waals surface area contributed by atoms with Gasteiger partial charge in [-0.25, -0.2) is 4.79 Å². The van der Waals surface area contributed by atoms with E-state index in [-0.39, 0.29) is 5.69 Å². The number of aryl methyl sites for hydroxylation is 2. The molecule has 0 saturated carbocycles. The molecule has 0 aliphatic heterocycles. The Kier molecular flexibility index (Phi) is 2.32. The zero-order chi connectivity index (χ0) is 10.8. The number of rotatable bonds is 2. The third-order valence-electron chi connectivity index (χ3n) is 2.04. The lowest BCUT2D eigenvalue weighted by atomic mass is 10.3. The molecule has 2 aromatic rings. The Balaban J connectivity index is 2.30. The summed E-state index contributed by atoms with van der Waals surface area (Å²) >= 11 is 0. The van der Waals surface area contributed by atoms with Crippen molar-refractivity contribution in [3.05, 3.63) is 40.1 Å². The van der Waals surface area contributed by atoms with E-state index >= 15 is 0 Å². The highest BCUT2D eigenvalue weighted by Crippen LogP contribution is 1.98. The molecule has 0 unspecified atom stereocenters. The third kappa shape index (κ3) is 1.93. The highest BCUT2D eigenvalue weighted by molar-refractivity contribution is 5.09. The normalized spacial score (nSPS) is 10.5. The van der Waals surface area contributed by atoms with Crippen molar-refractivity contribution >= 4 is 0 Å². The second-order valence-corrected chi connectivity index (χ2v) is 3.31. The van der Waals surface area contributed by atoms with Crippen molar-refractivity contribution in [3.63, 3.8) is 0 Å². The van der Waals surface area contributed by atoms with Gasteiger partial charge >= 0.3 is 5.69 Å². The molecule has 6 nitrogen and oxygen atoms in total. The molecule has 0 saturated heterocycles. The smallest absolute Gasteiger partial charge is 0.256 e. The van der Waals surface area contributed by atoms with Gasteiger partial charge in [0.2, 0.25) is 0 Å². The summed E-state index contributed by atoms with van der Waals surface area (Å²) in [6, 6.07) is 5.66. The van der Waals surface area contributed by atoms with Gasteiger partial charge in [0.15, 0.2) is 0 Å². The standard InChI is InChI=1S/C9H11N5O/c1-7-4-3-5-8(10-7)6-14-9(15)13(2)11-12-14/h3-5H,6H2,1-2H3. The minimum Gasteiger partial charge on any atom is -0.256 e. The van der Waals surface area contributed by atoms with Crippen LogP contribution in [0, 0.1) is 6.92 Å². The number of aromatic nitrogens is 5. The van der Waals surface area contributed by atoms with Crippen molar-refractivity contribution in [1.29, 1.82) is 0 Å². The van der Waals surface area contributed by atoms with Crippen molar-refractivity contribution in [2.24, 2.45) is 7.05 Å². The Bertz CT molecular complexity index is 527. The predicted molar refractivity (Wildman–Crippen MR) is 53.3 cm³/mol. The fraction of sp³-hybridized carbons (Fsp3) is 0.333. The summed E-state index contributed by atoms with van der Waals surface area (Å²) in [5, 5.41) is 7.34. The van der Waals surface area contributed by atoms with Crippen molar-refractivity contribution < 1.29 is 0 Å². The van der Waals surface area contributed by atoms with E-state index in [9.17, 15) is 4.79 Å². The number of pyridine rings is 1. The molecule has 0 atom stereocenters. The van der Waals surface area contributed by atoms with Crippen LogP contribution in [0.5, 0.6) is 0 Å². The molecule has 6 heteroatoms. The molecule has 0 aliphatic carbocycles. The van der Waals surface area contributed by atoms with E-state index < -0.39 is 0 Å². The van der Waals surface area contributed by atoms with Gasteiger partial charge in [-0.2, -0.15) is 9.36 Å². The van der Waals surface area contributed by atoms with Crippen LogP contribution in [-0.4, -0.2) is 24.8 Å². The quantitative estimate of drug-likeness (QED) is 0.676. The lowest BCUT2D eigenvalue weighted by molar-refractivity contribution is 0.620. The summed E-state index contributed by atoms with van der Waals surface area (Å²) < 4.78 is 2.47. The molecular weight excluding hydrogens is 194 g/mol. The van der Waals surface area contributed by atoms with E-state index in [1.54, 1.807) is 7.05 Å². The zero-order valence-corrected chi connectivity index (χ0v) is 8.58. The first-order chi connectivity index (χ1) is 7.16. The van der Waals surface area contributed by atoms with Crippen LogP contribution >= 0.6 is 0 Å². The Morgan fingerprint density at radius 3 is 2.73 bits per heavy atom. The highest BCUT2D eigenvalue weighted by Gasteiger charge is 2.04. The molecule has 78 valence electrons. The van der Waals surface area contributed by atoms with Gasteiger partial charge in [-0.15, -0.1) is 0 Å². The SMILES string of the molecule is Cc1cccc(Cn2nnn(C)c2=O)n1. The zero-order valence-electron chi connectivity index (χ0n) is 8.58. The molecule has 2 rings (SSSR count). The molecule has 2 aromatic heterocycles. The molecule has 0 bridgehead atoms. The molecule has 0 amide bonds. The Labute approximate surface area is 86.2 Å². The second-order valence-electron chi connectivity index (χ2n) is 3.31. The Morgan fingerprint density at radius 2 is 2.13 bits per heavy atom. The highest BCUT2D eigenvalue weighted by atomic mass is 16.2. The minimum absolute atomic E-state index is 0.238. The van der Waals surface area contributed by atoms with Crippen LogP contribution in [0.15, 0.2) is 23.0 Å². The van der Waals surface area contributed by atoms with Gasteiger partial charge < -0.3 is 0 Å². The number of nitrogens with zero attached hydrogens (tertiary/aromatic N) is 5. The summed E-state index contributed by atoms with van der Waals surface area (Å²) in [4.78, 5) is 15.7. The number of tetrazole rings is 1. The Hall–Kier alpha value is -1.98. The second kappa shape index (κ2) is 3.64. The maximum Gasteiger partial charge on any atom is 0.363 e. The van der Waals surface area contributed by atoms with E-state index in [1.807, 2.05) is 25.1 Å². The lowest BCUT2D eigenvalue weighted by Gasteiger charge is -1.99. The molecule has 2 heterocycles. The third-order valence-corrected chi connectivity index (χ3v) is 2.04. The van der Waals surface area contributed by atoms with Crippen LogP contribution in [0.1, 0.15) is 11.4 Å². The van der Waals surface area contributed by atoms with Crippen LogP contribution in [0.25, 0.3) is 0 Å². The molecule has 0 aliphatic rings. The number of hydrogen-bond acceptors (Lipinski definition) is 4. The van der Waals surface area contributed by atoms with Gasteiger partial charge in [0.25, 0.3) is 0 Å². The summed E-state index contributed by atoms with van der Waals surface area (Å²) in [5.41, 5.74) is 1.49. The first kappa shape index (κ1) is 9.57. The fourth-order valence-electron chi connectivity index (χ4n) is 1.29. The summed E-state index contributed by atoms with van der Waals surface area (Å²) in [6.45, 7) is 2.26. The fourth-order valence-corrected chi connectivity index (χ4v) is 1.29. The van der Waals surface area contributed by atoms with Gasteiger partial charge in [-0.05, 0) is 29.5 Å². The van der Waals surface area contributed by atoms with Gasteiger partial charge in [-0.1, -0.05) is 6.07 Å². The molecule has 0 fully saturated rings. The van der Waals surface area contributed by atoms with Crippen LogP contribution in [0.4, 0.5) is 0 Å². The molecule has 15 heavy (non-hydrogen) atoms. The average molecular weight is 205 g/mol. The van der Waals surface area contributed by atoms with Gasteiger partial charge in [0, 0.05) is 12.7 Å². The molecule has 0 aromatic carbocycles. The first-order valence-corrected chi connectivity index (χ1v) is 4.56. The maximum absolute atomic E-state index is 11.4. The van der Waals surface area contributed by atoms with Gasteiger partial charge in [-0.3, -0.25) is 4.98 Å². The molecule has 0 N–H and O–H groups in total. The predicted octanol–water partition coefficient (Wildman–Crippen LogP) is -0.271. The van der Waals surface area contributed by atoms with Crippen molar-refractivity contribution in [3.8, 4) is 0 Å². The number of hydrogen-bond donors (Lipinski definition) is 0. The van der Waals surface area contributed by atoms with Gasteiger partial charge in [0.05, 0.1) is 12.2 Å². The monoisotopic (exact) mass is 205 g/mol. The van der Waals surface area contributed by atoms with Crippen LogP contribution in [-0.2, 0) is 13.6 Å². The van der Waals surface area contributed by atoms with Crippen molar-refractivity contribution in [1.82, 2.24) is 24.8 Å². The van der Waals surface area contributed by atoms with Crippen LogP contribution < -0.4 is 5.69 Å². The minimum atomic E-state index is -0.238. The summed E-state index contributed by atoms with van der Waals surface area (Å²) in [5.74, 6) is 0. The molecule has 0 radical (unpaired) electrons. The average Bonchev–Trinajstić information content (AvgIpc) is 2.50. The first-order valence-electron chi connectivity index (χ1n) is 4.56. The van der Waals surface area contributed by atoms with Crippen molar-refractivity contribution in [2.75, 3.05) is 0 Å². The van der Waals surface area contributed by atoms with Crippen LogP contribution in [0.2, 0.25) is 0 Å².